The molecule has 7 heteroatoms. The van der Waals surface area contributed by atoms with E-state index in [0.29, 0.717) is 12.5 Å². The molecule has 2 aromatic rings. The lowest BCUT2D eigenvalue weighted by atomic mass is 10.2. The number of thioether (sulfide) groups is 1. The minimum Gasteiger partial charge on any atom is -0.497 e. The Morgan fingerprint density at radius 2 is 2.36 bits per heavy atom. The second-order valence-corrected chi connectivity index (χ2v) is 6.17. The quantitative estimate of drug-likeness (QED) is 0.819. The molecule has 1 saturated heterocycles. The summed E-state index contributed by atoms with van der Waals surface area (Å²) in [7, 11) is 1.66. The molecule has 2 heterocycles. The van der Waals surface area contributed by atoms with Crippen molar-refractivity contribution < 1.29 is 9.47 Å². The Balaban J connectivity index is 1.85. The van der Waals surface area contributed by atoms with Gasteiger partial charge < -0.3 is 15.2 Å². The fraction of sp³-hybridized carbons (Fsp3) is 0.467. The number of aromatic nitrogens is 3. The van der Waals surface area contributed by atoms with Gasteiger partial charge in [0.1, 0.15) is 5.75 Å². The lowest BCUT2D eigenvalue weighted by molar-refractivity contribution is 0.189. The molecule has 3 rings (SSSR count). The number of nitrogens with two attached hydrogens (primary N) is 1. The van der Waals surface area contributed by atoms with E-state index in [9.17, 15) is 0 Å². The van der Waals surface area contributed by atoms with Gasteiger partial charge in [0.25, 0.3) is 0 Å². The van der Waals surface area contributed by atoms with Gasteiger partial charge in [0.15, 0.2) is 11.0 Å². The van der Waals surface area contributed by atoms with Crippen LogP contribution in [-0.4, -0.2) is 40.8 Å². The average Bonchev–Trinajstić information content (AvgIpc) is 3.22. The standard InChI is InChI=1S/C15H20N4O2S/c1-20-13-4-2-3-12(7-13)19-14(8-16)17-18-15(19)22-10-11-5-6-21-9-11/h2-4,7,11H,5-6,8-10,16H2,1H3/t11-/m1/s1. The molecule has 0 unspecified atom stereocenters. The minimum absolute atomic E-state index is 0.345. The van der Waals surface area contributed by atoms with Crippen LogP contribution in [0.25, 0.3) is 5.69 Å². The molecule has 6 nitrogen and oxygen atoms in total. The van der Waals surface area contributed by atoms with E-state index in [1.54, 1.807) is 18.9 Å². The summed E-state index contributed by atoms with van der Waals surface area (Å²) in [6, 6.07) is 7.84. The van der Waals surface area contributed by atoms with Crippen molar-refractivity contribution in [3.63, 3.8) is 0 Å². The van der Waals surface area contributed by atoms with Gasteiger partial charge in [-0.05, 0) is 24.5 Å². The first kappa shape index (κ1) is 15.3. The van der Waals surface area contributed by atoms with Crippen molar-refractivity contribution in [2.45, 2.75) is 18.1 Å². The third-order valence-electron chi connectivity index (χ3n) is 3.67. The van der Waals surface area contributed by atoms with Crippen LogP contribution in [0.15, 0.2) is 29.4 Å². The molecule has 0 radical (unpaired) electrons. The molecule has 0 spiro atoms. The predicted octanol–water partition coefficient (Wildman–Crippen LogP) is 1.86. The lowest BCUT2D eigenvalue weighted by Crippen LogP contribution is -2.09. The van der Waals surface area contributed by atoms with Crippen LogP contribution < -0.4 is 10.5 Å². The van der Waals surface area contributed by atoms with Crippen molar-refractivity contribution in [3.8, 4) is 11.4 Å². The van der Waals surface area contributed by atoms with E-state index in [4.69, 9.17) is 15.2 Å². The topological polar surface area (TPSA) is 75.2 Å². The largest absolute Gasteiger partial charge is 0.497 e. The molecule has 1 aliphatic rings. The van der Waals surface area contributed by atoms with Gasteiger partial charge in [0, 0.05) is 18.4 Å². The van der Waals surface area contributed by atoms with Crippen LogP contribution in [0, 0.1) is 5.92 Å². The molecule has 22 heavy (non-hydrogen) atoms. The normalized spacial score (nSPS) is 17.8. The van der Waals surface area contributed by atoms with Crippen LogP contribution in [0.3, 0.4) is 0 Å². The molecule has 1 fully saturated rings. The summed E-state index contributed by atoms with van der Waals surface area (Å²) in [6.45, 7) is 2.04. The van der Waals surface area contributed by atoms with E-state index in [2.05, 4.69) is 10.2 Å². The molecule has 0 amide bonds. The Kier molecular flexibility index (Phi) is 4.97. The van der Waals surface area contributed by atoms with Gasteiger partial charge in [-0.3, -0.25) is 4.57 Å². The second kappa shape index (κ2) is 7.13. The smallest absolute Gasteiger partial charge is 0.195 e. The van der Waals surface area contributed by atoms with Crippen LogP contribution in [0.4, 0.5) is 0 Å². The fourth-order valence-corrected chi connectivity index (χ4v) is 3.53. The summed E-state index contributed by atoms with van der Waals surface area (Å²) in [6.07, 6.45) is 1.12. The zero-order valence-corrected chi connectivity index (χ0v) is 13.4. The summed E-state index contributed by atoms with van der Waals surface area (Å²) >= 11 is 1.70. The maximum Gasteiger partial charge on any atom is 0.195 e. The van der Waals surface area contributed by atoms with E-state index in [1.807, 2.05) is 28.8 Å². The van der Waals surface area contributed by atoms with E-state index in [0.717, 1.165) is 47.8 Å². The highest BCUT2D eigenvalue weighted by atomic mass is 32.2. The molecule has 118 valence electrons. The summed E-state index contributed by atoms with van der Waals surface area (Å²) in [5, 5.41) is 9.36. The summed E-state index contributed by atoms with van der Waals surface area (Å²) in [5.74, 6) is 3.11. The fourth-order valence-electron chi connectivity index (χ4n) is 2.44. The van der Waals surface area contributed by atoms with E-state index in [1.165, 1.54) is 0 Å². The zero-order valence-electron chi connectivity index (χ0n) is 12.6. The molecule has 1 aromatic heterocycles. The number of rotatable bonds is 6. The Morgan fingerprint density at radius 1 is 1.45 bits per heavy atom. The molecular weight excluding hydrogens is 300 g/mol. The average molecular weight is 320 g/mol. The Labute approximate surface area is 134 Å². The first-order valence-corrected chi connectivity index (χ1v) is 8.29. The maximum atomic E-state index is 5.81. The third kappa shape index (κ3) is 3.26. The SMILES string of the molecule is COc1cccc(-n2c(CN)nnc2SC[C@@H]2CCOC2)c1. The van der Waals surface area contributed by atoms with Crippen molar-refractivity contribution in [2.24, 2.45) is 11.7 Å². The number of methoxy groups -OCH3 is 1. The second-order valence-electron chi connectivity index (χ2n) is 5.18. The molecule has 1 aliphatic heterocycles. The molecule has 0 bridgehead atoms. The van der Waals surface area contributed by atoms with Crippen molar-refractivity contribution in [2.75, 3.05) is 26.1 Å². The summed E-state index contributed by atoms with van der Waals surface area (Å²) in [4.78, 5) is 0. The van der Waals surface area contributed by atoms with Crippen LogP contribution in [0.5, 0.6) is 5.75 Å². The monoisotopic (exact) mass is 320 g/mol. The molecular formula is C15H20N4O2S. The van der Waals surface area contributed by atoms with Crippen LogP contribution >= 0.6 is 11.8 Å². The van der Waals surface area contributed by atoms with Crippen LogP contribution in [-0.2, 0) is 11.3 Å². The predicted molar refractivity (Wildman–Crippen MR) is 85.5 cm³/mol. The minimum atomic E-state index is 0.345. The molecule has 2 N–H and O–H groups in total. The van der Waals surface area contributed by atoms with Gasteiger partial charge in [-0.1, -0.05) is 17.8 Å². The van der Waals surface area contributed by atoms with E-state index in [-0.39, 0.29) is 0 Å². The number of benzene rings is 1. The van der Waals surface area contributed by atoms with Crippen molar-refractivity contribution in [1.29, 1.82) is 0 Å². The highest BCUT2D eigenvalue weighted by molar-refractivity contribution is 7.99. The number of hydrogen-bond donors (Lipinski definition) is 1. The van der Waals surface area contributed by atoms with Crippen molar-refractivity contribution >= 4 is 11.8 Å². The van der Waals surface area contributed by atoms with Crippen molar-refractivity contribution in [3.05, 3.63) is 30.1 Å². The van der Waals surface area contributed by atoms with Crippen LogP contribution in [0.2, 0.25) is 0 Å². The highest BCUT2D eigenvalue weighted by Crippen LogP contribution is 2.27. The molecule has 1 atom stereocenters. The van der Waals surface area contributed by atoms with Gasteiger partial charge in [-0.25, -0.2) is 0 Å². The number of ether oxygens (including phenoxy) is 2. The first-order valence-electron chi connectivity index (χ1n) is 7.31. The molecule has 0 saturated carbocycles. The Hall–Kier alpha value is -1.57. The van der Waals surface area contributed by atoms with E-state index >= 15 is 0 Å². The third-order valence-corrected chi connectivity index (χ3v) is 4.83. The summed E-state index contributed by atoms with van der Waals surface area (Å²) in [5.41, 5.74) is 6.77. The Morgan fingerprint density at radius 3 is 3.09 bits per heavy atom. The number of nitrogens with zero attached hydrogens (tertiary/aromatic N) is 3. The zero-order chi connectivity index (χ0) is 15.4. The van der Waals surface area contributed by atoms with Gasteiger partial charge in [-0.2, -0.15) is 0 Å². The first-order chi connectivity index (χ1) is 10.8. The lowest BCUT2D eigenvalue weighted by Gasteiger charge is -2.11. The number of hydrogen-bond acceptors (Lipinski definition) is 6. The summed E-state index contributed by atoms with van der Waals surface area (Å²) < 4.78 is 12.7. The van der Waals surface area contributed by atoms with Crippen LogP contribution in [0.1, 0.15) is 12.2 Å². The molecule has 1 aromatic carbocycles. The Bertz CT molecular complexity index is 626. The van der Waals surface area contributed by atoms with Gasteiger partial charge in [-0.15, -0.1) is 10.2 Å². The maximum absolute atomic E-state index is 5.81. The van der Waals surface area contributed by atoms with Crippen molar-refractivity contribution in [1.82, 2.24) is 14.8 Å². The van der Waals surface area contributed by atoms with Gasteiger partial charge in [0.05, 0.1) is 25.9 Å². The van der Waals surface area contributed by atoms with Gasteiger partial charge >= 0.3 is 0 Å². The molecule has 0 aliphatic carbocycles. The highest BCUT2D eigenvalue weighted by Gasteiger charge is 2.19. The van der Waals surface area contributed by atoms with Gasteiger partial charge in [0.2, 0.25) is 0 Å². The van der Waals surface area contributed by atoms with E-state index < -0.39 is 0 Å².